The number of aryl methyl sites for hydroxylation is 1. The Morgan fingerprint density at radius 2 is 2.12 bits per heavy atom. The smallest absolute Gasteiger partial charge is 0.134 e. The second-order valence-corrected chi connectivity index (χ2v) is 4.86. The first kappa shape index (κ1) is 12.1. The Bertz CT molecular complexity index is 385. The van der Waals surface area contributed by atoms with Crippen LogP contribution in [-0.4, -0.2) is 16.5 Å². The molecule has 0 unspecified atom stereocenters. The number of anilines is 2. The molecular formula is C13H22N4. The Morgan fingerprint density at radius 1 is 1.35 bits per heavy atom. The Morgan fingerprint density at radius 3 is 2.76 bits per heavy atom. The van der Waals surface area contributed by atoms with E-state index < -0.39 is 0 Å². The van der Waals surface area contributed by atoms with E-state index in [4.69, 9.17) is 5.73 Å². The summed E-state index contributed by atoms with van der Waals surface area (Å²) in [6.07, 6.45) is 6.24. The third kappa shape index (κ3) is 3.32. The van der Waals surface area contributed by atoms with E-state index in [0.29, 0.717) is 5.82 Å². The van der Waals surface area contributed by atoms with Gasteiger partial charge < -0.3 is 11.1 Å². The lowest BCUT2D eigenvalue weighted by atomic mass is 10.2. The average molecular weight is 234 g/mol. The normalized spacial score (nSPS) is 14.9. The minimum Gasteiger partial charge on any atom is -0.383 e. The van der Waals surface area contributed by atoms with Crippen LogP contribution >= 0.6 is 0 Å². The number of nitrogen functional groups attached to an aromatic ring is 1. The molecule has 1 saturated carbocycles. The van der Waals surface area contributed by atoms with Crippen molar-refractivity contribution in [3.8, 4) is 0 Å². The largest absolute Gasteiger partial charge is 0.383 e. The molecular weight excluding hydrogens is 212 g/mol. The first-order valence-electron chi connectivity index (χ1n) is 6.57. The molecule has 1 heterocycles. The zero-order valence-electron chi connectivity index (χ0n) is 10.8. The molecule has 1 fully saturated rings. The van der Waals surface area contributed by atoms with Gasteiger partial charge in [-0.05, 0) is 25.7 Å². The molecule has 0 spiro atoms. The Hall–Kier alpha value is -1.32. The fourth-order valence-electron chi connectivity index (χ4n) is 1.92. The Labute approximate surface area is 103 Å². The van der Waals surface area contributed by atoms with Crippen molar-refractivity contribution in [2.75, 3.05) is 17.6 Å². The minimum absolute atomic E-state index is 0.599. The molecule has 2 rings (SSSR count). The lowest BCUT2D eigenvalue weighted by Crippen LogP contribution is -2.10. The van der Waals surface area contributed by atoms with E-state index in [1.54, 1.807) is 0 Å². The molecule has 1 aliphatic rings. The van der Waals surface area contributed by atoms with E-state index in [1.807, 2.05) is 13.8 Å². The Balaban J connectivity index is 1.90. The van der Waals surface area contributed by atoms with E-state index in [-0.39, 0.29) is 0 Å². The zero-order chi connectivity index (χ0) is 12.3. The van der Waals surface area contributed by atoms with Crippen LogP contribution in [0, 0.1) is 12.8 Å². The van der Waals surface area contributed by atoms with Crippen LogP contribution in [0.3, 0.4) is 0 Å². The summed E-state index contributed by atoms with van der Waals surface area (Å²) in [4.78, 5) is 8.73. The number of nitrogens with zero attached hydrogens (tertiary/aromatic N) is 2. The van der Waals surface area contributed by atoms with Crippen LogP contribution in [0.1, 0.15) is 44.0 Å². The van der Waals surface area contributed by atoms with Crippen molar-refractivity contribution in [3.05, 3.63) is 11.4 Å². The highest BCUT2D eigenvalue weighted by Gasteiger charge is 2.20. The fraction of sp³-hybridized carbons (Fsp3) is 0.692. The quantitative estimate of drug-likeness (QED) is 0.742. The lowest BCUT2D eigenvalue weighted by Gasteiger charge is -2.11. The topological polar surface area (TPSA) is 63.8 Å². The van der Waals surface area contributed by atoms with Crippen LogP contribution in [-0.2, 0) is 6.42 Å². The van der Waals surface area contributed by atoms with Gasteiger partial charge in [0.05, 0.1) is 0 Å². The summed E-state index contributed by atoms with van der Waals surface area (Å²) in [5.74, 6) is 3.32. The van der Waals surface area contributed by atoms with Gasteiger partial charge in [-0.25, -0.2) is 9.97 Å². The first-order chi connectivity index (χ1) is 8.20. The van der Waals surface area contributed by atoms with E-state index >= 15 is 0 Å². The Kier molecular flexibility index (Phi) is 3.82. The molecule has 0 bridgehead atoms. The van der Waals surface area contributed by atoms with Crippen molar-refractivity contribution >= 4 is 11.6 Å². The summed E-state index contributed by atoms with van der Waals surface area (Å²) >= 11 is 0. The van der Waals surface area contributed by atoms with Crippen molar-refractivity contribution in [1.82, 2.24) is 9.97 Å². The maximum Gasteiger partial charge on any atom is 0.134 e. The second kappa shape index (κ2) is 5.34. The van der Waals surface area contributed by atoms with Gasteiger partial charge in [0.1, 0.15) is 17.5 Å². The molecule has 4 heteroatoms. The maximum atomic E-state index is 5.87. The van der Waals surface area contributed by atoms with Gasteiger partial charge in [0.25, 0.3) is 0 Å². The van der Waals surface area contributed by atoms with Gasteiger partial charge in [0.15, 0.2) is 0 Å². The summed E-state index contributed by atoms with van der Waals surface area (Å²) in [6.45, 7) is 5.00. The monoisotopic (exact) mass is 234 g/mol. The number of nitrogens with two attached hydrogens (primary N) is 1. The van der Waals surface area contributed by atoms with Crippen molar-refractivity contribution < 1.29 is 0 Å². The van der Waals surface area contributed by atoms with Gasteiger partial charge in [-0.1, -0.05) is 19.8 Å². The van der Waals surface area contributed by atoms with Crippen LogP contribution in [0.5, 0.6) is 0 Å². The van der Waals surface area contributed by atoms with E-state index in [1.165, 1.54) is 25.7 Å². The van der Waals surface area contributed by atoms with Crippen molar-refractivity contribution in [2.45, 2.75) is 46.0 Å². The molecule has 1 aromatic heterocycles. The molecule has 0 atom stereocenters. The van der Waals surface area contributed by atoms with Gasteiger partial charge in [0, 0.05) is 18.5 Å². The molecule has 17 heavy (non-hydrogen) atoms. The van der Waals surface area contributed by atoms with Crippen molar-refractivity contribution in [3.63, 3.8) is 0 Å². The van der Waals surface area contributed by atoms with Crippen LogP contribution < -0.4 is 11.1 Å². The molecule has 0 amide bonds. The second-order valence-electron chi connectivity index (χ2n) is 4.86. The predicted molar refractivity (Wildman–Crippen MR) is 71.0 cm³/mol. The van der Waals surface area contributed by atoms with Crippen LogP contribution in [0.15, 0.2) is 0 Å². The van der Waals surface area contributed by atoms with E-state index in [0.717, 1.165) is 36.1 Å². The SMILES string of the molecule is CCc1nc(N)c(C)c(NCCCC2CC2)n1. The predicted octanol–water partition coefficient (Wildman–Crippen LogP) is 2.53. The maximum absolute atomic E-state index is 5.87. The van der Waals surface area contributed by atoms with Gasteiger partial charge in [0.2, 0.25) is 0 Å². The first-order valence-corrected chi connectivity index (χ1v) is 6.57. The number of rotatable bonds is 6. The van der Waals surface area contributed by atoms with Crippen LogP contribution in [0.2, 0.25) is 0 Å². The molecule has 0 saturated heterocycles. The third-order valence-electron chi connectivity index (χ3n) is 3.32. The zero-order valence-corrected chi connectivity index (χ0v) is 10.8. The number of hydrogen-bond acceptors (Lipinski definition) is 4. The fourth-order valence-corrected chi connectivity index (χ4v) is 1.92. The summed E-state index contributed by atoms with van der Waals surface area (Å²) < 4.78 is 0. The molecule has 94 valence electrons. The highest BCUT2D eigenvalue weighted by Crippen LogP contribution is 2.33. The highest BCUT2D eigenvalue weighted by atomic mass is 15.1. The van der Waals surface area contributed by atoms with Gasteiger partial charge >= 0.3 is 0 Å². The van der Waals surface area contributed by atoms with Gasteiger partial charge in [-0.3, -0.25) is 0 Å². The lowest BCUT2D eigenvalue weighted by molar-refractivity contribution is 0.686. The summed E-state index contributed by atoms with van der Waals surface area (Å²) in [6, 6.07) is 0. The van der Waals surface area contributed by atoms with Crippen molar-refractivity contribution in [2.24, 2.45) is 5.92 Å². The molecule has 0 aliphatic heterocycles. The molecule has 3 N–H and O–H groups in total. The number of aromatic nitrogens is 2. The molecule has 1 aliphatic carbocycles. The summed E-state index contributed by atoms with van der Waals surface area (Å²) in [7, 11) is 0. The third-order valence-corrected chi connectivity index (χ3v) is 3.32. The van der Waals surface area contributed by atoms with Crippen LogP contribution in [0.25, 0.3) is 0 Å². The standard InChI is InChI=1S/C13H22N4/c1-3-11-16-12(14)9(2)13(17-11)15-8-4-5-10-6-7-10/h10H,3-8H2,1-2H3,(H3,14,15,16,17). The van der Waals surface area contributed by atoms with Crippen molar-refractivity contribution in [1.29, 1.82) is 0 Å². The van der Waals surface area contributed by atoms with Gasteiger partial charge in [-0.2, -0.15) is 0 Å². The average Bonchev–Trinajstić information content (AvgIpc) is 3.13. The molecule has 4 nitrogen and oxygen atoms in total. The van der Waals surface area contributed by atoms with Gasteiger partial charge in [-0.15, -0.1) is 0 Å². The summed E-state index contributed by atoms with van der Waals surface area (Å²) in [5.41, 5.74) is 6.83. The van der Waals surface area contributed by atoms with E-state index in [9.17, 15) is 0 Å². The molecule has 0 aromatic carbocycles. The van der Waals surface area contributed by atoms with E-state index in [2.05, 4.69) is 15.3 Å². The number of nitrogens with one attached hydrogen (secondary N) is 1. The highest BCUT2D eigenvalue weighted by molar-refractivity contribution is 5.54. The summed E-state index contributed by atoms with van der Waals surface area (Å²) in [5, 5.41) is 3.38. The number of hydrogen-bond donors (Lipinski definition) is 2. The minimum atomic E-state index is 0.599. The van der Waals surface area contributed by atoms with Crippen LogP contribution in [0.4, 0.5) is 11.6 Å². The molecule has 1 aromatic rings. The molecule has 0 radical (unpaired) electrons.